The molecule has 2 aromatic rings. The van der Waals surface area contributed by atoms with Crippen LogP contribution in [0.1, 0.15) is 16.8 Å². The fourth-order valence-electron chi connectivity index (χ4n) is 2.36. The van der Waals surface area contributed by atoms with Gasteiger partial charge in [-0.15, -0.1) is 0 Å². The highest BCUT2D eigenvalue weighted by Crippen LogP contribution is 2.22. The maximum Gasteiger partial charge on any atom is 0.254 e. The van der Waals surface area contributed by atoms with Gasteiger partial charge in [0.2, 0.25) is 0 Å². The molecule has 2 aromatic carbocycles. The Kier molecular flexibility index (Phi) is 3.38. The number of rotatable bonds is 1. The normalized spacial score (nSPS) is 14.9. The molecule has 0 unspecified atom stereocenters. The van der Waals surface area contributed by atoms with Crippen molar-refractivity contribution in [1.82, 2.24) is 4.90 Å². The van der Waals surface area contributed by atoms with Crippen molar-refractivity contribution in [2.45, 2.75) is 6.42 Å². The summed E-state index contributed by atoms with van der Waals surface area (Å²) in [5.41, 5.74) is 0.769. The molecule has 0 spiro atoms. The van der Waals surface area contributed by atoms with Crippen molar-refractivity contribution in [1.29, 1.82) is 0 Å². The number of benzene rings is 2. The van der Waals surface area contributed by atoms with Crippen LogP contribution in [0.4, 0.5) is 0 Å². The molecule has 3 heteroatoms. The Morgan fingerprint density at radius 1 is 1.05 bits per heavy atom. The third kappa shape index (κ3) is 2.56. The molecule has 0 saturated heterocycles. The molecule has 0 bridgehead atoms. The Bertz CT molecular complexity index is 663. The van der Waals surface area contributed by atoms with Gasteiger partial charge in [-0.05, 0) is 41.5 Å². The lowest BCUT2D eigenvalue weighted by molar-refractivity contribution is 0.0771. The maximum absolute atomic E-state index is 12.4. The lowest BCUT2D eigenvalue weighted by Gasteiger charge is -2.23. The Morgan fingerprint density at radius 3 is 2.63 bits per heavy atom. The van der Waals surface area contributed by atoms with Gasteiger partial charge in [-0.3, -0.25) is 4.79 Å². The SMILES string of the molecule is O=C(c1ccc2cc(Br)ccc2c1)N1CC=CCC1. The van der Waals surface area contributed by atoms with E-state index in [4.69, 9.17) is 0 Å². The number of halogens is 1. The van der Waals surface area contributed by atoms with E-state index in [1.54, 1.807) is 0 Å². The molecule has 1 aliphatic rings. The molecule has 1 heterocycles. The fourth-order valence-corrected chi connectivity index (χ4v) is 2.74. The first-order valence-electron chi connectivity index (χ1n) is 6.38. The lowest BCUT2D eigenvalue weighted by atomic mass is 10.1. The lowest BCUT2D eigenvalue weighted by Crippen LogP contribution is -2.33. The van der Waals surface area contributed by atoms with Gasteiger partial charge >= 0.3 is 0 Å². The number of hydrogen-bond donors (Lipinski definition) is 0. The van der Waals surface area contributed by atoms with Gasteiger partial charge in [0.05, 0.1) is 0 Å². The van der Waals surface area contributed by atoms with Gasteiger partial charge in [0.15, 0.2) is 0 Å². The molecular weight excluding hydrogens is 302 g/mol. The van der Waals surface area contributed by atoms with E-state index in [2.05, 4.69) is 34.1 Å². The minimum atomic E-state index is 0.120. The Hall–Kier alpha value is -1.61. The first kappa shape index (κ1) is 12.4. The van der Waals surface area contributed by atoms with Crippen LogP contribution in [-0.4, -0.2) is 23.9 Å². The summed E-state index contributed by atoms with van der Waals surface area (Å²) in [5.74, 6) is 0.120. The highest BCUT2D eigenvalue weighted by Gasteiger charge is 2.15. The van der Waals surface area contributed by atoms with Crippen molar-refractivity contribution >= 4 is 32.6 Å². The van der Waals surface area contributed by atoms with Crippen molar-refractivity contribution in [3.05, 3.63) is 58.6 Å². The van der Waals surface area contributed by atoms with Crippen LogP contribution in [0, 0.1) is 0 Å². The number of fused-ring (bicyclic) bond motifs is 1. The van der Waals surface area contributed by atoms with Crippen LogP contribution in [0.3, 0.4) is 0 Å². The molecule has 0 atom stereocenters. The summed E-state index contributed by atoms with van der Waals surface area (Å²) >= 11 is 3.46. The van der Waals surface area contributed by atoms with Gasteiger partial charge in [0.25, 0.3) is 5.91 Å². The van der Waals surface area contributed by atoms with E-state index in [9.17, 15) is 4.79 Å². The molecule has 19 heavy (non-hydrogen) atoms. The average molecular weight is 316 g/mol. The smallest absolute Gasteiger partial charge is 0.254 e. The van der Waals surface area contributed by atoms with Gasteiger partial charge < -0.3 is 4.90 Å². The van der Waals surface area contributed by atoms with Crippen molar-refractivity contribution in [3.63, 3.8) is 0 Å². The van der Waals surface area contributed by atoms with Crippen LogP contribution >= 0.6 is 15.9 Å². The maximum atomic E-state index is 12.4. The number of nitrogens with zero attached hydrogens (tertiary/aromatic N) is 1. The molecule has 0 fully saturated rings. The van der Waals surface area contributed by atoms with E-state index in [0.29, 0.717) is 0 Å². The second kappa shape index (κ2) is 5.17. The number of carbonyl (C=O) groups is 1. The monoisotopic (exact) mass is 315 g/mol. The third-order valence-corrected chi connectivity index (χ3v) is 3.89. The van der Waals surface area contributed by atoms with E-state index < -0.39 is 0 Å². The predicted octanol–water partition coefficient (Wildman–Crippen LogP) is 4.00. The second-order valence-corrected chi connectivity index (χ2v) is 5.63. The highest BCUT2D eigenvalue weighted by atomic mass is 79.9. The van der Waals surface area contributed by atoms with Gasteiger partial charge in [0, 0.05) is 23.1 Å². The van der Waals surface area contributed by atoms with Crippen LogP contribution in [0.25, 0.3) is 10.8 Å². The Labute approximate surface area is 120 Å². The summed E-state index contributed by atoms with van der Waals surface area (Å²) in [6, 6.07) is 12.0. The Balaban J connectivity index is 1.94. The first-order chi connectivity index (χ1) is 9.24. The number of carbonyl (C=O) groups excluding carboxylic acids is 1. The molecule has 0 aliphatic carbocycles. The van der Waals surface area contributed by atoms with Crippen molar-refractivity contribution in [2.75, 3.05) is 13.1 Å². The molecule has 1 amide bonds. The van der Waals surface area contributed by atoms with Crippen LogP contribution in [0.15, 0.2) is 53.0 Å². The number of hydrogen-bond acceptors (Lipinski definition) is 1. The Morgan fingerprint density at radius 2 is 1.84 bits per heavy atom. The van der Waals surface area contributed by atoms with Crippen molar-refractivity contribution in [2.24, 2.45) is 0 Å². The van der Waals surface area contributed by atoms with E-state index in [1.165, 1.54) is 0 Å². The van der Waals surface area contributed by atoms with E-state index in [1.807, 2.05) is 35.2 Å². The van der Waals surface area contributed by atoms with Gasteiger partial charge in [0.1, 0.15) is 0 Å². The van der Waals surface area contributed by atoms with Gasteiger partial charge in [-0.2, -0.15) is 0 Å². The topological polar surface area (TPSA) is 20.3 Å². The first-order valence-corrected chi connectivity index (χ1v) is 7.17. The molecule has 0 aromatic heterocycles. The van der Waals surface area contributed by atoms with Crippen molar-refractivity contribution in [3.8, 4) is 0 Å². The highest BCUT2D eigenvalue weighted by molar-refractivity contribution is 9.10. The molecule has 0 radical (unpaired) electrons. The second-order valence-electron chi connectivity index (χ2n) is 4.72. The summed E-state index contributed by atoms with van der Waals surface area (Å²) < 4.78 is 1.06. The molecule has 0 saturated carbocycles. The van der Waals surface area contributed by atoms with Crippen LogP contribution in [0.2, 0.25) is 0 Å². The molecular formula is C16H14BrNO. The summed E-state index contributed by atoms with van der Waals surface area (Å²) in [5, 5.41) is 2.24. The summed E-state index contributed by atoms with van der Waals surface area (Å²) in [6.07, 6.45) is 5.13. The molecule has 2 nitrogen and oxygen atoms in total. The van der Waals surface area contributed by atoms with Crippen LogP contribution in [0.5, 0.6) is 0 Å². The number of amides is 1. The summed E-state index contributed by atoms with van der Waals surface area (Å²) in [6.45, 7) is 1.53. The predicted molar refractivity (Wildman–Crippen MR) is 81.3 cm³/mol. The van der Waals surface area contributed by atoms with Crippen LogP contribution < -0.4 is 0 Å². The molecule has 3 rings (SSSR count). The minimum absolute atomic E-state index is 0.120. The van der Waals surface area contributed by atoms with Gasteiger partial charge in [-0.1, -0.05) is 40.2 Å². The fraction of sp³-hybridized carbons (Fsp3) is 0.188. The minimum Gasteiger partial charge on any atom is -0.335 e. The zero-order valence-corrected chi connectivity index (χ0v) is 12.1. The van der Waals surface area contributed by atoms with Crippen LogP contribution in [-0.2, 0) is 0 Å². The van der Waals surface area contributed by atoms with Gasteiger partial charge in [-0.25, -0.2) is 0 Å². The quantitative estimate of drug-likeness (QED) is 0.728. The largest absolute Gasteiger partial charge is 0.335 e. The summed E-state index contributed by atoms with van der Waals surface area (Å²) in [4.78, 5) is 14.3. The molecule has 96 valence electrons. The molecule has 0 N–H and O–H groups in total. The standard InChI is InChI=1S/C16H14BrNO/c17-15-7-6-12-10-14(5-4-13(12)11-15)16(19)18-8-2-1-3-9-18/h1-2,4-7,10-11H,3,8-9H2. The average Bonchev–Trinajstić information content (AvgIpc) is 2.47. The van der Waals surface area contributed by atoms with E-state index >= 15 is 0 Å². The zero-order chi connectivity index (χ0) is 13.2. The van der Waals surface area contributed by atoms with E-state index in [-0.39, 0.29) is 5.91 Å². The van der Waals surface area contributed by atoms with E-state index in [0.717, 1.165) is 40.3 Å². The zero-order valence-electron chi connectivity index (χ0n) is 10.5. The summed E-state index contributed by atoms with van der Waals surface area (Å²) in [7, 11) is 0. The third-order valence-electron chi connectivity index (χ3n) is 3.39. The molecule has 1 aliphatic heterocycles. The van der Waals surface area contributed by atoms with Crippen molar-refractivity contribution < 1.29 is 4.79 Å².